The summed E-state index contributed by atoms with van der Waals surface area (Å²) in [7, 11) is 0. The van der Waals surface area contributed by atoms with Gasteiger partial charge in [0.15, 0.2) is 16.7 Å². The van der Waals surface area contributed by atoms with E-state index in [1.54, 1.807) is 13.0 Å². The maximum Gasteiger partial charge on any atom is 0.338 e. The summed E-state index contributed by atoms with van der Waals surface area (Å²) in [5.41, 5.74) is 2.03. The van der Waals surface area contributed by atoms with Gasteiger partial charge in [-0.2, -0.15) is 0 Å². The van der Waals surface area contributed by atoms with Gasteiger partial charge in [-0.15, -0.1) is 0 Å². The first-order chi connectivity index (χ1) is 14.0. The molecule has 1 aromatic rings. The third kappa shape index (κ3) is 4.38. The van der Waals surface area contributed by atoms with Crippen molar-refractivity contribution in [1.29, 1.82) is 0 Å². The van der Waals surface area contributed by atoms with Crippen LogP contribution in [0.2, 0.25) is 0 Å². The average Bonchev–Trinajstić information content (AvgIpc) is 3.14. The Morgan fingerprint density at radius 3 is 2.83 bits per heavy atom. The van der Waals surface area contributed by atoms with Crippen molar-refractivity contribution in [2.75, 3.05) is 19.8 Å². The van der Waals surface area contributed by atoms with Gasteiger partial charge in [0.05, 0.1) is 35.0 Å². The van der Waals surface area contributed by atoms with E-state index >= 15 is 0 Å². The third-order valence-electron chi connectivity index (χ3n) is 4.31. The van der Waals surface area contributed by atoms with Gasteiger partial charge in [0.2, 0.25) is 0 Å². The Hall–Kier alpha value is -2.19. The smallest absolute Gasteiger partial charge is 0.338 e. The second-order valence-corrected chi connectivity index (χ2v) is 7.92. The maximum absolute atomic E-state index is 12.8. The predicted octanol–water partition coefficient (Wildman–Crippen LogP) is 5.18. The van der Waals surface area contributed by atoms with Gasteiger partial charge in [-0.25, -0.2) is 9.79 Å². The lowest BCUT2D eigenvalue weighted by Gasteiger charge is -2.33. The molecular formula is C21H23BrN2O4S. The van der Waals surface area contributed by atoms with Crippen LogP contribution in [0.25, 0.3) is 0 Å². The van der Waals surface area contributed by atoms with Gasteiger partial charge in [-0.05, 0) is 59.8 Å². The molecule has 0 bridgehead atoms. The lowest BCUT2D eigenvalue weighted by molar-refractivity contribution is -0.139. The standard InChI is InChI=1S/C21H23BrN2O4S/c1-5-9-28-19-15(22)11-14(12-16(19)26-6-2)18-17(20(25)27-7-3)13(4)23-21-24(18)8-10-29-21/h5,8,10-12,18H,1,6-7,9H2,2-4H3/t18-/m0/s1. The molecule has 0 unspecified atom stereocenters. The van der Waals surface area contributed by atoms with Crippen LogP contribution in [-0.2, 0) is 9.53 Å². The third-order valence-corrected chi connectivity index (χ3v) is 5.67. The lowest BCUT2D eigenvalue weighted by atomic mass is 9.94. The SMILES string of the molecule is C=CCOc1c(Br)cc([C@H]2C(C(=O)OCC)=C(C)N=C3SC=CN32)cc1OCC. The number of amidine groups is 1. The van der Waals surface area contributed by atoms with Crippen molar-refractivity contribution in [1.82, 2.24) is 4.90 Å². The van der Waals surface area contributed by atoms with Crippen LogP contribution < -0.4 is 9.47 Å². The van der Waals surface area contributed by atoms with Crippen molar-refractivity contribution in [2.45, 2.75) is 26.8 Å². The van der Waals surface area contributed by atoms with E-state index in [4.69, 9.17) is 14.2 Å². The summed E-state index contributed by atoms with van der Waals surface area (Å²) < 4.78 is 17.7. The number of nitrogens with zero attached hydrogens (tertiary/aromatic N) is 2. The normalized spacial score (nSPS) is 17.7. The summed E-state index contributed by atoms with van der Waals surface area (Å²) in [5.74, 6) is 0.827. The van der Waals surface area contributed by atoms with Gasteiger partial charge < -0.3 is 19.1 Å². The van der Waals surface area contributed by atoms with Crippen LogP contribution >= 0.6 is 27.7 Å². The van der Waals surface area contributed by atoms with E-state index in [0.717, 1.165) is 15.2 Å². The number of aliphatic imine (C=N–C) groups is 1. The van der Waals surface area contributed by atoms with Crippen molar-refractivity contribution in [2.24, 2.45) is 4.99 Å². The van der Waals surface area contributed by atoms with E-state index in [-0.39, 0.29) is 12.0 Å². The summed E-state index contributed by atoms with van der Waals surface area (Å²) in [6.45, 7) is 10.4. The predicted molar refractivity (Wildman–Crippen MR) is 119 cm³/mol. The zero-order chi connectivity index (χ0) is 21.0. The molecule has 0 aromatic heterocycles. The molecule has 0 saturated carbocycles. The van der Waals surface area contributed by atoms with E-state index in [2.05, 4.69) is 27.5 Å². The van der Waals surface area contributed by atoms with Crippen molar-refractivity contribution in [3.8, 4) is 11.5 Å². The quantitative estimate of drug-likeness (QED) is 0.378. The van der Waals surface area contributed by atoms with Crippen LogP contribution in [0.3, 0.4) is 0 Å². The van der Waals surface area contributed by atoms with Crippen LogP contribution in [0, 0.1) is 0 Å². The van der Waals surface area contributed by atoms with E-state index < -0.39 is 0 Å². The highest BCUT2D eigenvalue weighted by Gasteiger charge is 2.38. The number of fused-ring (bicyclic) bond motifs is 1. The van der Waals surface area contributed by atoms with Crippen LogP contribution in [0.15, 0.2) is 57.1 Å². The molecule has 1 atom stereocenters. The van der Waals surface area contributed by atoms with Crippen molar-refractivity contribution >= 4 is 38.8 Å². The molecule has 0 saturated heterocycles. The number of thioether (sulfide) groups is 1. The molecule has 6 nitrogen and oxygen atoms in total. The van der Waals surface area contributed by atoms with E-state index in [0.29, 0.717) is 42.6 Å². The first-order valence-corrected chi connectivity index (χ1v) is 11.0. The number of carbonyl (C=O) groups excluding carboxylic acids is 1. The van der Waals surface area contributed by atoms with Crippen LogP contribution in [0.1, 0.15) is 32.4 Å². The van der Waals surface area contributed by atoms with Crippen molar-refractivity contribution in [3.05, 3.63) is 57.7 Å². The fourth-order valence-corrected chi connectivity index (χ4v) is 4.55. The first kappa shape index (κ1) is 21.5. The Bertz CT molecular complexity index is 910. The minimum Gasteiger partial charge on any atom is -0.490 e. The molecule has 8 heteroatoms. The summed E-state index contributed by atoms with van der Waals surface area (Å²) in [6, 6.07) is 3.47. The zero-order valence-electron chi connectivity index (χ0n) is 16.6. The lowest BCUT2D eigenvalue weighted by Crippen LogP contribution is -2.34. The second kappa shape index (κ2) is 9.54. The Morgan fingerprint density at radius 2 is 2.14 bits per heavy atom. The Kier molecular flexibility index (Phi) is 7.08. The highest BCUT2D eigenvalue weighted by Crippen LogP contribution is 2.45. The molecule has 29 heavy (non-hydrogen) atoms. The van der Waals surface area contributed by atoms with Gasteiger partial charge in [0.25, 0.3) is 0 Å². The number of benzene rings is 1. The van der Waals surface area contributed by atoms with E-state index in [1.807, 2.05) is 42.5 Å². The summed E-state index contributed by atoms with van der Waals surface area (Å²) >= 11 is 5.12. The second-order valence-electron chi connectivity index (χ2n) is 6.19. The van der Waals surface area contributed by atoms with Crippen LogP contribution in [0.4, 0.5) is 0 Å². The molecule has 0 aliphatic carbocycles. The fourth-order valence-electron chi connectivity index (χ4n) is 3.19. The molecule has 1 aromatic carbocycles. The minimum atomic E-state index is -0.378. The van der Waals surface area contributed by atoms with Crippen LogP contribution in [-0.4, -0.2) is 35.9 Å². The van der Waals surface area contributed by atoms with Crippen LogP contribution in [0.5, 0.6) is 11.5 Å². The number of rotatable bonds is 8. The molecule has 0 N–H and O–H groups in total. The van der Waals surface area contributed by atoms with E-state index in [1.165, 1.54) is 11.8 Å². The number of allylic oxidation sites excluding steroid dienone is 1. The number of halogens is 1. The Balaban J connectivity index is 2.12. The number of hydrogen-bond acceptors (Lipinski definition) is 7. The first-order valence-electron chi connectivity index (χ1n) is 9.29. The number of esters is 1. The van der Waals surface area contributed by atoms with Gasteiger partial charge in [-0.1, -0.05) is 24.4 Å². The van der Waals surface area contributed by atoms with Gasteiger partial charge >= 0.3 is 5.97 Å². The molecule has 0 amide bonds. The fraction of sp³-hybridized carbons (Fsp3) is 0.333. The molecule has 0 fully saturated rings. The molecule has 2 aliphatic rings. The van der Waals surface area contributed by atoms with Crippen molar-refractivity contribution < 1.29 is 19.0 Å². The monoisotopic (exact) mass is 478 g/mol. The van der Waals surface area contributed by atoms with Gasteiger partial charge in [-0.3, -0.25) is 0 Å². The minimum absolute atomic E-state index is 0.297. The molecular weight excluding hydrogens is 456 g/mol. The van der Waals surface area contributed by atoms with Gasteiger partial charge in [0, 0.05) is 6.20 Å². The number of ether oxygens (including phenoxy) is 3. The highest BCUT2D eigenvalue weighted by molar-refractivity contribution is 9.10. The maximum atomic E-state index is 12.8. The number of hydrogen-bond donors (Lipinski definition) is 0. The molecule has 154 valence electrons. The van der Waals surface area contributed by atoms with E-state index in [9.17, 15) is 4.79 Å². The summed E-state index contributed by atoms with van der Waals surface area (Å²) in [6.07, 6.45) is 3.60. The molecule has 2 heterocycles. The van der Waals surface area contributed by atoms with Gasteiger partial charge in [0.1, 0.15) is 6.61 Å². The molecule has 0 spiro atoms. The van der Waals surface area contributed by atoms with Crippen molar-refractivity contribution in [3.63, 3.8) is 0 Å². The largest absolute Gasteiger partial charge is 0.490 e. The summed E-state index contributed by atoms with van der Waals surface area (Å²) in [5, 5.41) is 2.77. The summed E-state index contributed by atoms with van der Waals surface area (Å²) in [4.78, 5) is 19.4. The Labute approximate surface area is 183 Å². The molecule has 0 radical (unpaired) electrons. The Morgan fingerprint density at radius 1 is 1.34 bits per heavy atom. The highest BCUT2D eigenvalue weighted by atomic mass is 79.9. The molecule has 3 rings (SSSR count). The molecule has 2 aliphatic heterocycles. The number of carbonyl (C=O) groups is 1. The topological polar surface area (TPSA) is 60.4 Å². The zero-order valence-corrected chi connectivity index (χ0v) is 19.0. The average molecular weight is 479 g/mol.